The van der Waals surface area contributed by atoms with E-state index >= 15 is 0 Å². The zero-order valence-corrected chi connectivity index (χ0v) is 6.78. The van der Waals surface area contributed by atoms with Crippen LogP contribution in [0.25, 0.3) is 0 Å². The van der Waals surface area contributed by atoms with Gasteiger partial charge >= 0.3 is 0 Å². The van der Waals surface area contributed by atoms with E-state index in [0.717, 1.165) is 5.69 Å². The van der Waals surface area contributed by atoms with Crippen LogP contribution in [0.4, 0.5) is 0 Å². The lowest BCUT2D eigenvalue weighted by Crippen LogP contribution is -2.01. The Morgan fingerprint density at radius 3 is 2.45 bits per heavy atom. The molecule has 0 aliphatic rings. The Kier molecular flexibility index (Phi) is 2.54. The van der Waals surface area contributed by atoms with Crippen molar-refractivity contribution in [3.8, 4) is 0 Å². The van der Waals surface area contributed by atoms with Crippen LogP contribution in [0.1, 0.15) is 31.2 Å². The topological polar surface area (TPSA) is 46.0 Å². The summed E-state index contributed by atoms with van der Waals surface area (Å²) in [7, 11) is 0. The molecule has 1 N–H and O–H groups in total. The predicted molar refractivity (Wildman–Crippen MR) is 42.0 cm³/mol. The highest BCUT2D eigenvalue weighted by molar-refractivity contribution is 5.12. The molecule has 0 aromatic carbocycles. The van der Waals surface area contributed by atoms with Gasteiger partial charge in [-0.3, -0.25) is 9.97 Å². The van der Waals surface area contributed by atoms with Crippen LogP contribution in [-0.2, 0) is 6.61 Å². The fourth-order valence-electron chi connectivity index (χ4n) is 0.982. The van der Waals surface area contributed by atoms with E-state index in [1.807, 2.05) is 13.8 Å². The summed E-state index contributed by atoms with van der Waals surface area (Å²) < 4.78 is 0. The maximum atomic E-state index is 8.86. The van der Waals surface area contributed by atoms with Crippen LogP contribution in [0.15, 0.2) is 12.4 Å². The smallest absolute Gasteiger partial charge is 0.0875 e. The Morgan fingerprint density at radius 1 is 1.36 bits per heavy atom. The zero-order chi connectivity index (χ0) is 8.27. The molecule has 0 saturated heterocycles. The second-order valence-corrected chi connectivity index (χ2v) is 2.70. The first-order chi connectivity index (χ1) is 5.25. The summed E-state index contributed by atoms with van der Waals surface area (Å²) in [5.41, 5.74) is 1.57. The van der Waals surface area contributed by atoms with Crippen LogP contribution in [0.5, 0.6) is 0 Å². The largest absolute Gasteiger partial charge is 0.390 e. The molecule has 1 heterocycles. The van der Waals surface area contributed by atoms with E-state index in [4.69, 9.17) is 5.11 Å². The number of nitrogens with zero attached hydrogens (tertiary/aromatic N) is 2. The van der Waals surface area contributed by atoms with E-state index in [9.17, 15) is 0 Å². The van der Waals surface area contributed by atoms with Crippen molar-refractivity contribution in [1.29, 1.82) is 0 Å². The Hall–Kier alpha value is -0.960. The first-order valence-corrected chi connectivity index (χ1v) is 3.66. The third-order valence-corrected chi connectivity index (χ3v) is 1.50. The summed E-state index contributed by atoms with van der Waals surface area (Å²) in [6.45, 7) is 4.04. The molecule has 0 radical (unpaired) electrons. The minimum Gasteiger partial charge on any atom is -0.390 e. The van der Waals surface area contributed by atoms with Crippen molar-refractivity contribution in [2.45, 2.75) is 26.4 Å². The Morgan fingerprint density at radius 2 is 2.00 bits per heavy atom. The molecule has 1 aromatic heterocycles. The van der Waals surface area contributed by atoms with E-state index in [0.29, 0.717) is 11.6 Å². The molecular weight excluding hydrogens is 140 g/mol. The molecule has 1 rings (SSSR count). The van der Waals surface area contributed by atoms with Gasteiger partial charge in [0, 0.05) is 12.4 Å². The van der Waals surface area contributed by atoms with Gasteiger partial charge in [0.15, 0.2) is 0 Å². The van der Waals surface area contributed by atoms with Crippen molar-refractivity contribution in [2.24, 2.45) is 0 Å². The monoisotopic (exact) mass is 152 g/mol. The molecule has 11 heavy (non-hydrogen) atoms. The third kappa shape index (κ3) is 1.74. The molecule has 0 atom stereocenters. The number of aromatic nitrogens is 2. The average molecular weight is 152 g/mol. The lowest BCUT2D eigenvalue weighted by atomic mass is 10.1. The first kappa shape index (κ1) is 8.14. The molecule has 60 valence electrons. The van der Waals surface area contributed by atoms with Gasteiger partial charge in [-0.15, -0.1) is 0 Å². The maximum Gasteiger partial charge on any atom is 0.0875 e. The number of hydrogen-bond donors (Lipinski definition) is 1. The number of aliphatic hydroxyl groups excluding tert-OH is 1. The van der Waals surface area contributed by atoms with Gasteiger partial charge in [0.25, 0.3) is 0 Å². The van der Waals surface area contributed by atoms with E-state index in [1.165, 1.54) is 0 Å². The highest BCUT2D eigenvalue weighted by atomic mass is 16.3. The van der Waals surface area contributed by atoms with Crippen LogP contribution < -0.4 is 0 Å². The van der Waals surface area contributed by atoms with Gasteiger partial charge in [-0.05, 0) is 5.92 Å². The minimum absolute atomic E-state index is 0.0264. The van der Waals surface area contributed by atoms with Crippen LogP contribution in [0.3, 0.4) is 0 Å². The van der Waals surface area contributed by atoms with Gasteiger partial charge in [0.1, 0.15) is 0 Å². The number of aliphatic hydroxyl groups is 1. The molecule has 3 heteroatoms. The van der Waals surface area contributed by atoms with Gasteiger partial charge in [-0.1, -0.05) is 13.8 Å². The van der Waals surface area contributed by atoms with Gasteiger partial charge in [0.2, 0.25) is 0 Å². The van der Waals surface area contributed by atoms with Crippen molar-refractivity contribution in [3.63, 3.8) is 0 Å². The molecule has 0 bridgehead atoms. The molecule has 1 aromatic rings. The highest BCUT2D eigenvalue weighted by Crippen LogP contribution is 2.13. The molecule has 0 fully saturated rings. The van der Waals surface area contributed by atoms with E-state index in [2.05, 4.69) is 9.97 Å². The van der Waals surface area contributed by atoms with E-state index in [1.54, 1.807) is 12.4 Å². The Balaban J connectivity index is 3.02. The molecule has 0 unspecified atom stereocenters. The highest BCUT2D eigenvalue weighted by Gasteiger charge is 2.06. The molecular formula is C8H12N2O. The second-order valence-electron chi connectivity index (χ2n) is 2.70. The lowest BCUT2D eigenvalue weighted by Gasteiger charge is -2.06. The predicted octanol–water partition coefficient (Wildman–Crippen LogP) is 1.09. The minimum atomic E-state index is -0.0264. The number of rotatable bonds is 2. The third-order valence-electron chi connectivity index (χ3n) is 1.50. The molecule has 0 amide bonds. The fraction of sp³-hybridized carbons (Fsp3) is 0.500. The van der Waals surface area contributed by atoms with E-state index in [-0.39, 0.29) is 6.61 Å². The van der Waals surface area contributed by atoms with Crippen molar-refractivity contribution in [3.05, 3.63) is 23.8 Å². The SMILES string of the molecule is CC(C)c1nccnc1CO. The number of hydrogen-bond acceptors (Lipinski definition) is 3. The van der Waals surface area contributed by atoms with Crippen LogP contribution in [-0.4, -0.2) is 15.1 Å². The summed E-state index contributed by atoms with van der Waals surface area (Å²) in [6, 6.07) is 0. The fourth-order valence-corrected chi connectivity index (χ4v) is 0.982. The van der Waals surface area contributed by atoms with Crippen molar-refractivity contribution in [1.82, 2.24) is 9.97 Å². The van der Waals surface area contributed by atoms with Crippen molar-refractivity contribution < 1.29 is 5.11 Å². The quantitative estimate of drug-likeness (QED) is 0.690. The molecule has 0 aliphatic carbocycles. The van der Waals surface area contributed by atoms with Crippen molar-refractivity contribution >= 4 is 0 Å². The molecule has 0 saturated carbocycles. The van der Waals surface area contributed by atoms with E-state index < -0.39 is 0 Å². The summed E-state index contributed by atoms with van der Waals surface area (Å²) in [4.78, 5) is 8.13. The summed E-state index contributed by atoms with van der Waals surface area (Å²) in [5, 5.41) is 8.86. The Labute approximate surface area is 66.1 Å². The van der Waals surface area contributed by atoms with Gasteiger partial charge in [-0.2, -0.15) is 0 Å². The first-order valence-electron chi connectivity index (χ1n) is 3.66. The van der Waals surface area contributed by atoms with Crippen LogP contribution in [0, 0.1) is 0 Å². The summed E-state index contributed by atoms with van der Waals surface area (Å²) in [5.74, 6) is 0.325. The standard InChI is InChI=1S/C8H12N2O/c1-6(2)8-7(5-11)9-3-4-10-8/h3-4,6,11H,5H2,1-2H3. The molecule has 0 aliphatic heterocycles. The van der Waals surface area contributed by atoms with Crippen molar-refractivity contribution in [2.75, 3.05) is 0 Å². The molecule has 0 spiro atoms. The maximum absolute atomic E-state index is 8.86. The summed E-state index contributed by atoms with van der Waals surface area (Å²) in [6.07, 6.45) is 3.24. The average Bonchev–Trinajstić information content (AvgIpc) is 2.04. The second kappa shape index (κ2) is 3.44. The van der Waals surface area contributed by atoms with Crippen LogP contribution >= 0.6 is 0 Å². The summed E-state index contributed by atoms with van der Waals surface area (Å²) >= 11 is 0. The van der Waals surface area contributed by atoms with Gasteiger partial charge in [-0.25, -0.2) is 0 Å². The normalized spacial score (nSPS) is 10.5. The lowest BCUT2D eigenvalue weighted by molar-refractivity contribution is 0.274. The van der Waals surface area contributed by atoms with Crippen LogP contribution in [0.2, 0.25) is 0 Å². The molecule has 3 nitrogen and oxygen atoms in total. The van der Waals surface area contributed by atoms with Gasteiger partial charge < -0.3 is 5.11 Å². The Bertz CT molecular complexity index is 235. The van der Waals surface area contributed by atoms with Gasteiger partial charge in [0.05, 0.1) is 18.0 Å². The zero-order valence-electron chi connectivity index (χ0n) is 6.78.